The Morgan fingerprint density at radius 1 is 1.08 bits per heavy atom. The number of nitrogens with zero attached hydrogens (tertiary/aromatic N) is 3. The minimum atomic E-state index is -0.227. The highest BCUT2D eigenvalue weighted by Crippen LogP contribution is 2.20. The predicted octanol–water partition coefficient (Wildman–Crippen LogP) is 2.25. The Balaban J connectivity index is 1.73. The van der Waals surface area contributed by atoms with Gasteiger partial charge in [-0.15, -0.1) is 0 Å². The number of benzene rings is 2. The lowest BCUT2D eigenvalue weighted by Gasteiger charge is -2.12. The SMILES string of the molecule is CNC(=O)c1cccc(NC(=O)c2ccc(Cn3cncn3)cc2)c1C. The first-order chi connectivity index (χ1) is 12.6. The molecule has 2 amide bonds. The molecular formula is C19H19N5O2. The summed E-state index contributed by atoms with van der Waals surface area (Å²) in [7, 11) is 1.58. The van der Waals surface area contributed by atoms with Crippen molar-refractivity contribution >= 4 is 17.5 Å². The van der Waals surface area contributed by atoms with Crippen molar-refractivity contribution in [1.82, 2.24) is 20.1 Å². The van der Waals surface area contributed by atoms with E-state index in [2.05, 4.69) is 20.7 Å². The standard InChI is InChI=1S/C19H19N5O2/c1-13-16(19(26)20-2)4-3-5-17(13)23-18(25)15-8-6-14(7-9-15)10-24-12-21-11-22-24/h3-9,11-12H,10H2,1-2H3,(H,20,26)(H,23,25). The highest BCUT2D eigenvalue weighted by Gasteiger charge is 2.13. The van der Waals surface area contributed by atoms with Crippen LogP contribution in [0, 0.1) is 6.92 Å². The van der Waals surface area contributed by atoms with E-state index in [0.717, 1.165) is 11.1 Å². The van der Waals surface area contributed by atoms with Crippen LogP contribution < -0.4 is 10.6 Å². The van der Waals surface area contributed by atoms with E-state index in [9.17, 15) is 9.59 Å². The van der Waals surface area contributed by atoms with Crippen LogP contribution >= 0.6 is 0 Å². The van der Waals surface area contributed by atoms with Gasteiger partial charge >= 0.3 is 0 Å². The molecule has 0 aliphatic carbocycles. The fraction of sp³-hybridized carbons (Fsp3) is 0.158. The van der Waals surface area contributed by atoms with Gasteiger partial charge in [0.2, 0.25) is 0 Å². The van der Waals surface area contributed by atoms with Gasteiger partial charge in [-0.2, -0.15) is 5.10 Å². The van der Waals surface area contributed by atoms with Gasteiger partial charge in [-0.1, -0.05) is 18.2 Å². The summed E-state index contributed by atoms with van der Waals surface area (Å²) in [5.41, 5.74) is 3.43. The van der Waals surface area contributed by atoms with Gasteiger partial charge in [0.15, 0.2) is 0 Å². The molecule has 0 spiro atoms. The quantitative estimate of drug-likeness (QED) is 0.739. The summed E-state index contributed by atoms with van der Waals surface area (Å²) in [6.07, 6.45) is 3.12. The maximum Gasteiger partial charge on any atom is 0.255 e. The largest absolute Gasteiger partial charge is 0.355 e. The van der Waals surface area contributed by atoms with Gasteiger partial charge < -0.3 is 10.6 Å². The van der Waals surface area contributed by atoms with Crippen LogP contribution in [0.2, 0.25) is 0 Å². The van der Waals surface area contributed by atoms with Crippen LogP contribution in [-0.4, -0.2) is 33.6 Å². The van der Waals surface area contributed by atoms with Gasteiger partial charge in [0, 0.05) is 23.9 Å². The number of carbonyl (C=O) groups excluding carboxylic acids is 2. The van der Waals surface area contributed by atoms with Crippen molar-refractivity contribution in [2.24, 2.45) is 0 Å². The van der Waals surface area contributed by atoms with Crippen LogP contribution in [0.4, 0.5) is 5.69 Å². The van der Waals surface area contributed by atoms with Crippen LogP contribution in [0.3, 0.4) is 0 Å². The first-order valence-corrected chi connectivity index (χ1v) is 8.13. The maximum atomic E-state index is 12.5. The molecule has 1 heterocycles. The minimum Gasteiger partial charge on any atom is -0.355 e. The van der Waals surface area contributed by atoms with Crippen LogP contribution in [0.1, 0.15) is 31.8 Å². The lowest BCUT2D eigenvalue weighted by atomic mass is 10.1. The molecule has 0 fully saturated rings. The molecule has 7 nitrogen and oxygen atoms in total. The van der Waals surface area contributed by atoms with E-state index in [1.807, 2.05) is 12.1 Å². The number of anilines is 1. The highest BCUT2D eigenvalue weighted by atomic mass is 16.2. The van der Waals surface area contributed by atoms with E-state index in [1.165, 1.54) is 6.33 Å². The zero-order valence-electron chi connectivity index (χ0n) is 14.6. The summed E-state index contributed by atoms with van der Waals surface area (Å²) in [6, 6.07) is 12.5. The molecule has 132 valence electrons. The molecule has 3 rings (SSSR count). The number of nitrogens with one attached hydrogen (secondary N) is 2. The van der Waals surface area contributed by atoms with E-state index in [1.54, 1.807) is 55.3 Å². The lowest BCUT2D eigenvalue weighted by molar-refractivity contribution is 0.0960. The Morgan fingerprint density at radius 2 is 1.85 bits per heavy atom. The molecular weight excluding hydrogens is 330 g/mol. The summed E-state index contributed by atoms with van der Waals surface area (Å²) < 4.78 is 1.71. The molecule has 0 radical (unpaired) electrons. The normalized spacial score (nSPS) is 10.4. The Kier molecular flexibility index (Phi) is 5.07. The lowest BCUT2D eigenvalue weighted by Crippen LogP contribution is -2.20. The molecule has 7 heteroatoms. The molecule has 1 aromatic heterocycles. The second-order valence-electron chi connectivity index (χ2n) is 5.80. The monoisotopic (exact) mass is 349 g/mol. The smallest absolute Gasteiger partial charge is 0.255 e. The number of hydrogen-bond donors (Lipinski definition) is 2. The third-order valence-corrected chi connectivity index (χ3v) is 4.08. The fourth-order valence-electron chi connectivity index (χ4n) is 2.61. The van der Waals surface area contributed by atoms with Crippen molar-refractivity contribution in [2.45, 2.75) is 13.5 Å². The molecule has 26 heavy (non-hydrogen) atoms. The van der Waals surface area contributed by atoms with E-state index in [4.69, 9.17) is 0 Å². The van der Waals surface area contributed by atoms with Crippen molar-refractivity contribution in [2.75, 3.05) is 12.4 Å². The summed E-state index contributed by atoms with van der Waals surface area (Å²) in [6.45, 7) is 2.40. The third kappa shape index (κ3) is 3.77. The van der Waals surface area contributed by atoms with Gasteiger partial charge in [0.05, 0.1) is 6.54 Å². The van der Waals surface area contributed by atoms with Gasteiger partial charge in [0.25, 0.3) is 11.8 Å². The van der Waals surface area contributed by atoms with E-state index < -0.39 is 0 Å². The Labute approximate surface area is 151 Å². The van der Waals surface area contributed by atoms with Crippen molar-refractivity contribution in [3.63, 3.8) is 0 Å². The molecule has 0 unspecified atom stereocenters. The minimum absolute atomic E-state index is 0.184. The first-order valence-electron chi connectivity index (χ1n) is 8.13. The molecule has 0 aliphatic heterocycles. The van der Waals surface area contributed by atoms with Crippen molar-refractivity contribution < 1.29 is 9.59 Å². The van der Waals surface area contributed by atoms with Gasteiger partial charge in [-0.05, 0) is 42.3 Å². The van der Waals surface area contributed by atoms with E-state index in [0.29, 0.717) is 23.4 Å². The molecule has 0 bridgehead atoms. The Hall–Kier alpha value is -3.48. The Morgan fingerprint density at radius 3 is 2.50 bits per heavy atom. The number of aromatic nitrogens is 3. The van der Waals surface area contributed by atoms with Crippen LogP contribution in [0.25, 0.3) is 0 Å². The summed E-state index contributed by atoms with van der Waals surface area (Å²) in [5, 5.41) is 9.52. The fourth-order valence-corrected chi connectivity index (χ4v) is 2.61. The van der Waals surface area contributed by atoms with Gasteiger partial charge in [-0.3, -0.25) is 9.59 Å². The summed E-state index contributed by atoms with van der Waals surface area (Å²) >= 11 is 0. The number of hydrogen-bond acceptors (Lipinski definition) is 4. The van der Waals surface area contributed by atoms with Crippen molar-refractivity contribution in [1.29, 1.82) is 0 Å². The second kappa shape index (κ2) is 7.60. The van der Waals surface area contributed by atoms with E-state index >= 15 is 0 Å². The van der Waals surface area contributed by atoms with E-state index in [-0.39, 0.29) is 11.8 Å². The number of rotatable bonds is 5. The van der Waals surface area contributed by atoms with Crippen LogP contribution in [0.15, 0.2) is 55.1 Å². The summed E-state index contributed by atoms with van der Waals surface area (Å²) in [5.74, 6) is -0.412. The Bertz CT molecular complexity index is 918. The zero-order valence-corrected chi connectivity index (χ0v) is 14.6. The second-order valence-corrected chi connectivity index (χ2v) is 5.80. The average molecular weight is 349 g/mol. The molecule has 3 aromatic rings. The highest BCUT2D eigenvalue weighted by molar-refractivity contribution is 6.06. The van der Waals surface area contributed by atoms with Crippen molar-refractivity contribution in [3.05, 3.63) is 77.4 Å². The molecule has 0 atom stereocenters. The first kappa shape index (κ1) is 17.3. The molecule has 2 N–H and O–H groups in total. The third-order valence-electron chi connectivity index (χ3n) is 4.08. The average Bonchev–Trinajstić information content (AvgIpc) is 3.16. The van der Waals surface area contributed by atoms with Gasteiger partial charge in [-0.25, -0.2) is 9.67 Å². The van der Waals surface area contributed by atoms with Crippen LogP contribution in [0.5, 0.6) is 0 Å². The van der Waals surface area contributed by atoms with Crippen LogP contribution in [-0.2, 0) is 6.54 Å². The predicted molar refractivity (Wildman–Crippen MR) is 98.1 cm³/mol. The molecule has 0 saturated carbocycles. The molecule has 0 saturated heterocycles. The molecule has 0 aliphatic rings. The maximum absolute atomic E-state index is 12.5. The number of carbonyl (C=O) groups is 2. The van der Waals surface area contributed by atoms with Gasteiger partial charge in [0.1, 0.15) is 12.7 Å². The summed E-state index contributed by atoms with van der Waals surface area (Å²) in [4.78, 5) is 28.3. The zero-order chi connectivity index (χ0) is 18.5. The topological polar surface area (TPSA) is 88.9 Å². The molecule has 2 aromatic carbocycles. The van der Waals surface area contributed by atoms with Crippen molar-refractivity contribution in [3.8, 4) is 0 Å². The number of amides is 2.